The Bertz CT molecular complexity index is 5190. The second-order valence-electron chi connectivity index (χ2n) is 25.2. The van der Waals surface area contributed by atoms with Gasteiger partial charge < -0.3 is 108 Å². The van der Waals surface area contributed by atoms with Crippen molar-refractivity contribution in [3.63, 3.8) is 0 Å². The van der Waals surface area contributed by atoms with Crippen molar-refractivity contribution in [1.29, 1.82) is 1.28 Å². The maximum atomic E-state index is 12.4. The number of nitrogens with two attached hydrogens (primary N) is 4. The Morgan fingerprint density at radius 1 is 0.420 bits per heavy atom. The summed E-state index contributed by atoms with van der Waals surface area (Å²) in [5, 5.41) is 8.80. The first-order chi connectivity index (χ1) is 56.0. The molecule has 0 aliphatic carbocycles. The molecular formula is C75H98K2N25O12PS3V. The number of hydrogen-bond acceptors (Lipinski definition) is 28. The number of anilines is 4. The van der Waals surface area contributed by atoms with Crippen molar-refractivity contribution in [2.45, 2.75) is 78.7 Å². The third kappa shape index (κ3) is 30.7. The van der Waals surface area contributed by atoms with Crippen LogP contribution in [0, 0.1) is 0 Å². The summed E-state index contributed by atoms with van der Waals surface area (Å²) >= 11 is 15.2. The fourth-order valence-electron chi connectivity index (χ4n) is 11.0. The zero-order chi connectivity index (χ0) is 83.8. The summed E-state index contributed by atoms with van der Waals surface area (Å²) in [6, 6.07) is 32.0. The van der Waals surface area contributed by atoms with E-state index >= 15 is 0 Å². The van der Waals surface area contributed by atoms with Gasteiger partial charge in [0, 0.05) is 73.9 Å². The molecule has 12 aromatic rings. The molecule has 0 aliphatic heterocycles. The summed E-state index contributed by atoms with van der Waals surface area (Å²) in [4.78, 5) is 96.0. The van der Waals surface area contributed by atoms with Crippen LogP contribution in [0.1, 0.15) is 71.2 Å². The van der Waals surface area contributed by atoms with Crippen LogP contribution >= 0.6 is 46.5 Å². The molecule has 17 N–H and O–H groups in total. The quantitative estimate of drug-likeness (QED) is 0.0111. The van der Waals surface area contributed by atoms with E-state index in [-0.39, 0.29) is 236 Å². The first-order valence-electron chi connectivity index (χ1n) is 36.2. The Morgan fingerprint density at radius 2 is 0.647 bits per heavy atom. The van der Waals surface area contributed by atoms with Crippen molar-refractivity contribution in [2.24, 2.45) is 0 Å². The molecule has 625 valence electrons. The predicted octanol–water partition coefficient (Wildman–Crippen LogP) is 0.685. The van der Waals surface area contributed by atoms with E-state index < -0.39 is 0 Å². The fourth-order valence-corrected chi connectivity index (χ4v) is 11.3. The van der Waals surface area contributed by atoms with Gasteiger partial charge in [-0.15, -0.1) is 18.8 Å². The second-order valence-corrected chi connectivity index (χ2v) is 26.6. The minimum absolute atomic E-state index is 0. The summed E-state index contributed by atoms with van der Waals surface area (Å²) in [5.41, 5.74) is 48.5. The van der Waals surface area contributed by atoms with E-state index in [1.54, 1.807) is 38.3 Å². The number of fused-ring (bicyclic) bond motifs is 4. The number of methoxy groups -OCH3 is 4. The van der Waals surface area contributed by atoms with E-state index in [1.807, 2.05) is 111 Å². The molecule has 0 amide bonds. The topological polar surface area (TPSA) is 516 Å². The summed E-state index contributed by atoms with van der Waals surface area (Å²) in [6.45, 7) is 8.02. The van der Waals surface area contributed by atoms with Gasteiger partial charge >= 0.3 is 150 Å². The number of aromatic nitrogens is 16. The van der Waals surface area contributed by atoms with Crippen molar-refractivity contribution in [1.82, 2.24) is 94.0 Å². The van der Waals surface area contributed by atoms with Crippen LogP contribution in [0.3, 0.4) is 0 Å². The van der Waals surface area contributed by atoms with Crippen LogP contribution in [-0.2, 0) is 89.5 Å². The molecule has 44 heteroatoms. The second kappa shape index (κ2) is 52.2. The molecule has 0 aliphatic rings. The number of aryl methyl sites for hydroxylation is 3. The molecule has 0 saturated carbocycles. The number of benzene rings is 4. The minimum atomic E-state index is -0.332. The average molecular weight is 1800 g/mol. The molecule has 1 atom stereocenters. The van der Waals surface area contributed by atoms with Gasteiger partial charge in [0.25, 0.3) is 0 Å². The van der Waals surface area contributed by atoms with Gasteiger partial charge in [0.2, 0.25) is 0 Å². The number of nitrogens with one attached hydrogen (secondary N) is 9. The molecular weight excluding hydrogens is 1700 g/mol. The van der Waals surface area contributed by atoms with Crippen molar-refractivity contribution in [3.05, 3.63) is 207 Å². The van der Waals surface area contributed by atoms with Crippen molar-refractivity contribution in [2.75, 3.05) is 118 Å². The Kier molecular flexibility index (Phi) is 44.5. The van der Waals surface area contributed by atoms with Gasteiger partial charge in [-0.1, -0.05) is 140 Å². The van der Waals surface area contributed by atoms with Gasteiger partial charge in [-0.25, -0.2) is 19.2 Å². The molecule has 1 unspecified atom stereocenters. The summed E-state index contributed by atoms with van der Waals surface area (Å²) < 4.78 is 53.2. The standard InChI is InChI=1S/2C19H24N6O3S.C18H22N7O3.C18H22N6O3S.CH4.2K.H3P.V/c2*1-21-14(29)8-7-12-3-5-13(6-4-12)11-25-17-15(22-19(25)26)16(20)23-18(24-17)28-10-9-27-2;1-11(19)21-9-12-3-5-13(6-4-12)10-25-16-14(22-18(25)26)15(20)23-17(24-16)28-8-7-27-2;1-26-8-9-27-17-22-15(20)14-16(23-17)24(18(25)21-14)10-12-4-2-11(3-5-12)6-7-13(19)28;;;;;/h2*3-6H,7-11H2,1-2H3,(H,21,29)(H,22,26)(H2,20,23,24);3-6,19,21H,1,7-10H2,2H3,(H,22,26)(H2,20,23,24);2-5H,6-10H2,1H3,(H5,19,20,21,22,23,25,28);1H4;;;1H3;/q;;-1;;;2*+1;;/p-1/i;;;;;;;1T;. The fraction of sp³-hybridized carbons (Fsp3) is 0.347. The Morgan fingerprint density at radius 3 is 0.866 bits per heavy atom. The van der Waals surface area contributed by atoms with Crippen LogP contribution in [0.2, 0.25) is 0 Å². The molecule has 0 fully saturated rings. The molecule has 8 heterocycles. The van der Waals surface area contributed by atoms with Crippen LogP contribution in [-0.4, -0.2) is 190 Å². The van der Waals surface area contributed by atoms with Crippen molar-refractivity contribution in [3.8, 4) is 24.0 Å². The molecule has 1 radical (unpaired) electrons. The number of hydrogen-bond donors (Lipinski definition) is 11. The zero-order valence-corrected chi connectivity index (χ0v) is 78.0. The number of aromatic amines is 4. The van der Waals surface area contributed by atoms with E-state index in [4.69, 9.17) is 110 Å². The molecule has 0 bridgehead atoms. The summed E-state index contributed by atoms with van der Waals surface area (Å²) in [5.74, 6) is 0.777. The minimum Gasteiger partial charge on any atom is -0.693 e. The van der Waals surface area contributed by atoms with Crippen LogP contribution in [0.15, 0.2) is 129 Å². The van der Waals surface area contributed by atoms with Crippen molar-refractivity contribution >= 4 is 129 Å². The van der Waals surface area contributed by atoms with E-state index in [0.717, 1.165) is 75.5 Å². The Balaban J connectivity index is 0.000000330. The zero-order valence-electron chi connectivity index (χ0n) is 67.7. The number of imidazole rings is 4. The van der Waals surface area contributed by atoms with E-state index in [2.05, 4.69) is 82.3 Å². The maximum Gasteiger partial charge on any atom is 1.00 e. The van der Waals surface area contributed by atoms with E-state index in [1.165, 1.54) is 29.4 Å². The SMILES string of the molecule is C.C=C([NH-])NCc1ccc(Cn2c(=O)[nH]c3c(N)nc(OCCOC)nc32)cc1.CNC(=S)CCc1ccc(Cn2c(=O)[nH]c3c(N)nc(OCCOC)nc32)cc1.CNC(=S)CCc1ccc(Cn2c(=O)[nH]c3c(N)nc(OCCOC)nc32)cc1.COCCOc1nc(N)c2[nH]c(=O)n(Cc3ccc(CCC([NH-])=S)cc3)c2n1.[3H]P.[K+].[K+].[V]. The molecule has 119 heavy (non-hydrogen) atoms. The van der Waals surface area contributed by atoms with E-state index in [9.17, 15) is 19.2 Å². The van der Waals surface area contributed by atoms with Crippen LogP contribution in [0.25, 0.3) is 56.1 Å². The third-order valence-corrected chi connectivity index (χ3v) is 18.1. The number of thiocarbonyl (C=S) groups is 3. The summed E-state index contributed by atoms with van der Waals surface area (Å²) in [7, 11) is 11.6. The molecule has 0 spiro atoms. The van der Waals surface area contributed by atoms with Gasteiger partial charge in [0.15, 0.2) is 45.9 Å². The Labute approximate surface area is 803 Å². The van der Waals surface area contributed by atoms with Gasteiger partial charge in [-0.3, -0.25) is 18.3 Å². The molecule has 37 nitrogen and oxygen atoms in total. The van der Waals surface area contributed by atoms with Crippen molar-refractivity contribution < 1.29 is 159 Å². The molecule has 8 aromatic heterocycles. The number of nitrogens with zero attached hydrogens (tertiary/aromatic N) is 12. The monoisotopic (exact) mass is 1800 g/mol. The van der Waals surface area contributed by atoms with Gasteiger partial charge in [-0.2, -0.15) is 49.7 Å². The third-order valence-electron chi connectivity index (χ3n) is 17.0. The maximum absolute atomic E-state index is 12.4. The molecule has 0 saturated heterocycles. The largest absolute Gasteiger partial charge is 1.00 e. The van der Waals surface area contributed by atoms with Gasteiger partial charge in [-0.05, 0) is 76.7 Å². The normalized spacial score (nSPS) is 10.6. The average Bonchev–Trinajstić information content (AvgIpc) is 1.65. The predicted molar refractivity (Wildman–Crippen MR) is 465 cm³/mol. The number of ether oxygens (including phenoxy) is 8. The first-order valence-corrected chi connectivity index (χ1v) is 36.8. The smallest absolute Gasteiger partial charge is 0.693 e. The van der Waals surface area contributed by atoms with E-state index in [0.29, 0.717) is 110 Å². The van der Waals surface area contributed by atoms with Gasteiger partial charge in [0.1, 0.15) is 48.5 Å². The number of rotatable bonds is 36. The molecule has 4 aromatic carbocycles. The first kappa shape index (κ1) is 101. The van der Waals surface area contributed by atoms with Crippen LogP contribution in [0.5, 0.6) is 24.0 Å². The number of nitrogen functional groups attached to an aromatic ring is 4. The summed E-state index contributed by atoms with van der Waals surface area (Å²) in [6.07, 6.45) is 4.60. The van der Waals surface area contributed by atoms with Gasteiger partial charge in [0.05, 0.1) is 63.9 Å². The van der Waals surface area contributed by atoms with Crippen LogP contribution < -0.4 is 183 Å². The number of H-pyrrole nitrogens is 4. The Hall–Kier alpha value is -8.18. The molecule has 12 rings (SSSR count). The van der Waals surface area contributed by atoms with Crippen LogP contribution in [0.4, 0.5) is 23.3 Å².